The highest BCUT2D eigenvalue weighted by Crippen LogP contribution is 2.19. The lowest BCUT2D eigenvalue weighted by Gasteiger charge is -1.89. The molecule has 0 aromatic carbocycles. The second kappa shape index (κ2) is 3.19. The molecule has 1 aromatic heterocycles. The maximum Gasteiger partial charge on any atom is 0.0764 e. The third-order valence-corrected chi connectivity index (χ3v) is 2.47. The molecule has 56 valence electrons. The highest BCUT2D eigenvalue weighted by atomic mass is 79.9. The molecular weight excluding hydrogens is 192 g/mol. The standard InChI is InChI=1S/C7H11BrN2/c1-3-5-7(8)6(4-2)10-9-5/h3-4H2,1-2H3,(H,9,10). The van der Waals surface area contributed by atoms with Crippen molar-refractivity contribution >= 4 is 15.9 Å². The highest BCUT2D eigenvalue weighted by Gasteiger charge is 2.05. The fourth-order valence-electron chi connectivity index (χ4n) is 0.876. The van der Waals surface area contributed by atoms with Gasteiger partial charge in [0.05, 0.1) is 10.2 Å². The maximum atomic E-state index is 4.13. The molecule has 1 rings (SSSR count). The van der Waals surface area contributed by atoms with Crippen molar-refractivity contribution in [2.45, 2.75) is 26.7 Å². The Balaban J connectivity index is 2.97. The molecule has 1 aromatic rings. The Hall–Kier alpha value is -0.310. The molecule has 0 aliphatic heterocycles. The molecule has 0 spiro atoms. The number of aromatic nitrogens is 2. The van der Waals surface area contributed by atoms with E-state index in [0.717, 1.165) is 23.0 Å². The summed E-state index contributed by atoms with van der Waals surface area (Å²) in [6, 6.07) is 0. The number of nitrogens with one attached hydrogen (secondary N) is 1. The van der Waals surface area contributed by atoms with E-state index in [1.165, 1.54) is 5.69 Å². The van der Waals surface area contributed by atoms with Gasteiger partial charge in [-0.3, -0.25) is 5.10 Å². The molecule has 0 fully saturated rings. The first kappa shape index (κ1) is 7.79. The molecule has 10 heavy (non-hydrogen) atoms. The normalized spacial score (nSPS) is 10.3. The van der Waals surface area contributed by atoms with Gasteiger partial charge in [-0.15, -0.1) is 0 Å². The summed E-state index contributed by atoms with van der Waals surface area (Å²) in [7, 11) is 0. The number of aryl methyl sites for hydroxylation is 2. The summed E-state index contributed by atoms with van der Waals surface area (Å²) in [5.41, 5.74) is 2.31. The van der Waals surface area contributed by atoms with Gasteiger partial charge in [0, 0.05) is 5.69 Å². The van der Waals surface area contributed by atoms with Gasteiger partial charge in [0.2, 0.25) is 0 Å². The van der Waals surface area contributed by atoms with Gasteiger partial charge in [-0.2, -0.15) is 5.10 Å². The van der Waals surface area contributed by atoms with Crippen LogP contribution in [-0.2, 0) is 12.8 Å². The summed E-state index contributed by atoms with van der Waals surface area (Å²) < 4.78 is 1.15. The van der Waals surface area contributed by atoms with Crippen LogP contribution in [0.3, 0.4) is 0 Å². The van der Waals surface area contributed by atoms with Gasteiger partial charge in [0.1, 0.15) is 0 Å². The number of nitrogens with zero attached hydrogens (tertiary/aromatic N) is 1. The number of halogens is 1. The van der Waals surface area contributed by atoms with Crippen molar-refractivity contribution in [1.82, 2.24) is 10.2 Å². The lowest BCUT2D eigenvalue weighted by molar-refractivity contribution is 0.936. The van der Waals surface area contributed by atoms with Crippen molar-refractivity contribution in [2.75, 3.05) is 0 Å². The Morgan fingerprint density at radius 1 is 1.40 bits per heavy atom. The fraction of sp³-hybridized carbons (Fsp3) is 0.571. The SMILES string of the molecule is CCc1n[nH]c(CC)c1Br. The molecule has 0 aliphatic rings. The zero-order valence-corrected chi connectivity index (χ0v) is 7.83. The predicted molar refractivity (Wildman–Crippen MR) is 45.0 cm³/mol. The highest BCUT2D eigenvalue weighted by molar-refractivity contribution is 9.10. The van der Waals surface area contributed by atoms with Crippen molar-refractivity contribution in [3.05, 3.63) is 15.9 Å². The first-order chi connectivity index (χ1) is 4.79. The van der Waals surface area contributed by atoms with Gasteiger partial charge in [-0.05, 0) is 28.8 Å². The first-order valence-corrected chi connectivity index (χ1v) is 4.30. The Labute approximate surface area is 69.2 Å². The minimum atomic E-state index is 0.983. The average molecular weight is 203 g/mol. The summed E-state index contributed by atoms with van der Waals surface area (Å²) >= 11 is 3.48. The van der Waals surface area contributed by atoms with Crippen LogP contribution in [0.4, 0.5) is 0 Å². The first-order valence-electron chi connectivity index (χ1n) is 3.51. The molecule has 2 nitrogen and oxygen atoms in total. The summed E-state index contributed by atoms with van der Waals surface area (Å²) in [5, 5.41) is 7.11. The van der Waals surface area contributed by atoms with Crippen LogP contribution in [0.25, 0.3) is 0 Å². The van der Waals surface area contributed by atoms with Crippen LogP contribution in [0.1, 0.15) is 25.2 Å². The van der Waals surface area contributed by atoms with E-state index in [2.05, 4.69) is 40.0 Å². The molecule has 0 saturated heterocycles. The molecule has 3 heteroatoms. The molecule has 1 heterocycles. The van der Waals surface area contributed by atoms with E-state index in [-0.39, 0.29) is 0 Å². The summed E-state index contributed by atoms with van der Waals surface area (Å²) in [6.45, 7) is 4.21. The third kappa shape index (κ3) is 1.24. The fourth-order valence-corrected chi connectivity index (χ4v) is 1.61. The Bertz CT molecular complexity index is 196. The quantitative estimate of drug-likeness (QED) is 0.784. The maximum absolute atomic E-state index is 4.13. The average Bonchev–Trinajstić information content (AvgIpc) is 2.30. The van der Waals surface area contributed by atoms with E-state index in [9.17, 15) is 0 Å². The van der Waals surface area contributed by atoms with Crippen LogP contribution in [0.5, 0.6) is 0 Å². The van der Waals surface area contributed by atoms with Crippen LogP contribution in [-0.4, -0.2) is 10.2 Å². The monoisotopic (exact) mass is 202 g/mol. The molecular formula is C7H11BrN2. The van der Waals surface area contributed by atoms with E-state index < -0.39 is 0 Å². The molecule has 1 N–H and O–H groups in total. The molecule has 0 aliphatic carbocycles. The van der Waals surface area contributed by atoms with Crippen LogP contribution in [0, 0.1) is 0 Å². The van der Waals surface area contributed by atoms with E-state index in [0.29, 0.717) is 0 Å². The van der Waals surface area contributed by atoms with Crippen LogP contribution in [0.15, 0.2) is 4.47 Å². The molecule has 0 radical (unpaired) electrons. The topological polar surface area (TPSA) is 28.7 Å². The lowest BCUT2D eigenvalue weighted by atomic mass is 10.3. The van der Waals surface area contributed by atoms with E-state index >= 15 is 0 Å². The molecule has 0 amide bonds. The summed E-state index contributed by atoms with van der Waals surface area (Å²) in [5.74, 6) is 0. The summed E-state index contributed by atoms with van der Waals surface area (Å²) in [4.78, 5) is 0. The van der Waals surface area contributed by atoms with Crippen molar-refractivity contribution in [1.29, 1.82) is 0 Å². The zero-order valence-electron chi connectivity index (χ0n) is 6.24. The number of hydrogen-bond donors (Lipinski definition) is 1. The minimum absolute atomic E-state index is 0.983. The summed E-state index contributed by atoms with van der Waals surface area (Å²) in [6.07, 6.45) is 1.99. The van der Waals surface area contributed by atoms with E-state index in [1.54, 1.807) is 0 Å². The second-order valence-electron chi connectivity index (χ2n) is 2.17. The van der Waals surface area contributed by atoms with Crippen molar-refractivity contribution in [3.63, 3.8) is 0 Å². The van der Waals surface area contributed by atoms with Crippen molar-refractivity contribution in [2.24, 2.45) is 0 Å². The Morgan fingerprint density at radius 2 is 2.10 bits per heavy atom. The second-order valence-corrected chi connectivity index (χ2v) is 2.96. The van der Waals surface area contributed by atoms with Crippen LogP contribution in [0.2, 0.25) is 0 Å². The van der Waals surface area contributed by atoms with Crippen LogP contribution < -0.4 is 0 Å². The predicted octanol–water partition coefficient (Wildman–Crippen LogP) is 2.30. The van der Waals surface area contributed by atoms with Crippen LogP contribution >= 0.6 is 15.9 Å². The van der Waals surface area contributed by atoms with Gasteiger partial charge in [-0.25, -0.2) is 0 Å². The van der Waals surface area contributed by atoms with E-state index in [4.69, 9.17) is 0 Å². The molecule has 0 saturated carbocycles. The molecule has 0 atom stereocenters. The van der Waals surface area contributed by atoms with Crippen molar-refractivity contribution < 1.29 is 0 Å². The Morgan fingerprint density at radius 3 is 2.40 bits per heavy atom. The van der Waals surface area contributed by atoms with Gasteiger partial charge < -0.3 is 0 Å². The van der Waals surface area contributed by atoms with Crippen molar-refractivity contribution in [3.8, 4) is 0 Å². The zero-order chi connectivity index (χ0) is 7.56. The van der Waals surface area contributed by atoms with Gasteiger partial charge in [-0.1, -0.05) is 13.8 Å². The Kier molecular flexibility index (Phi) is 2.49. The number of H-pyrrole nitrogens is 1. The van der Waals surface area contributed by atoms with Gasteiger partial charge in [0.25, 0.3) is 0 Å². The number of hydrogen-bond acceptors (Lipinski definition) is 1. The number of rotatable bonds is 2. The molecule has 0 unspecified atom stereocenters. The third-order valence-electron chi connectivity index (χ3n) is 1.53. The molecule has 0 bridgehead atoms. The number of aromatic amines is 1. The lowest BCUT2D eigenvalue weighted by Crippen LogP contribution is -1.79. The van der Waals surface area contributed by atoms with Gasteiger partial charge >= 0.3 is 0 Å². The largest absolute Gasteiger partial charge is 0.281 e. The minimum Gasteiger partial charge on any atom is -0.281 e. The van der Waals surface area contributed by atoms with E-state index in [1.807, 2.05) is 0 Å². The van der Waals surface area contributed by atoms with Gasteiger partial charge in [0.15, 0.2) is 0 Å². The smallest absolute Gasteiger partial charge is 0.0764 e.